The van der Waals surface area contributed by atoms with E-state index in [0.717, 1.165) is 18.4 Å². The summed E-state index contributed by atoms with van der Waals surface area (Å²) < 4.78 is 5.53. The number of nitrogens with zero attached hydrogens (tertiary/aromatic N) is 1. The third-order valence-corrected chi connectivity index (χ3v) is 3.29. The Balaban J connectivity index is 1.89. The van der Waals surface area contributed by atoms with Gasteiger partial charge in [0.1, 0.15) is 5.75 Å². The number of benzene rings is 1. The van der Waals surface area contributed by atoms with Crippen molar-refractivity contribution in [2.24, 2.45) is 5.73 Å². The van der Waals surface area contributed by atoms with Crippen LogP contribution >= 0.6 is 0 Å². The van der Waals surface area contributed by atoms with E-state index in [4.69, 9.17) is 10.5 Å². The fraction of sp³-hybridized carbons (Fsp3) is 0.500. The fourth-order valence-corrected chi connectivity index (χ4v) is 2.23. The molecule has 5 heteroatoms. The van der Waals surface area contributed by atoms with E-state index in [1.54, 1.807) is 11.0 Å². The number of hydrogen-bond donors (Lipinski definition) is 2. The summed E-state index contributed by atoms with van der Waals surface area (Å²) in [7, 11) is 0. The first-order valence-corrected chi connectivity index (χ1v) is 6.57. The van der Waals surface area contributed by atoms with E-state index in [2.05, 4.69) is 0 Å². The van der Waals surface area contributed by atoms with Gasteiger partial charge >= 0.3 is 0 Å². The van der Waals surface area contributed by atoms with Gasteiger partial charge in [-0.3, -0.25) is 4.79 Å². The number of amides is 1. The lowest BCUT2D eigenvalue weighted by Crippen LogP contribution is -2.44. The number of carbonyl (C=O) groups is 1. The number of aliphatic hydroxyl groups is 1. The average Bonchev–Trinajstić information content (AvgIpc) is 2.45. The summed E-state index contributed by atoms with van der Waals surface area (Å²) in [5.41, 5.74) is 6.49. The molecule has 1 fully saturated rings. The third-order valence-electron chi connectivity index (χ3n) is 3.29. The number of piperidine rings is 1. The van der Waals surface area contributed by atoms with E-state index in [9.17, 15) is 9.90 Å². The molecule has 0 aliphatic carbocycles. The van der Waals surface area contributed by atoms with Gasteiger partial charge in [0.15, 0.2) is 6.61 Å². The maximum atomic E-state index is 12.0. The lowest BCUT2D eigenvalue weighted by molar-refractivity contribution is -0.136. The van der Waals surface area contributed by atoms with Gasteiger partial charge in [-0.25, -0.2) is 0 Å². The Kier molecular flexibility index (Phi) is 4.76. The molecule has 0 radical (unpaired) electrons. The number of rotatable bonds is 4. The summed E-state index contributed by atoms with van der Waals surface area (Å²) in [6, 6.07) is 7.42. The Labute approximate surface area is 113 Å². The zero-order valence-electron chi connectivity index (χ0n) is 10.9. The van der Waals surface area contributed by atoms with Crippen LogP contribution in [0.4, 0.5) is 0 Å². The van der Waals surface area contributed by atoms with Crippen LogP contribution < -0.4 is 10.5 Å². The lowest BCUT2D eigenvalue weighted by atomic mass is 10.1. The summed E-state index contributed by atoms with van der Waals surface area (Å²) in [5, 5.41) is 9.54. The molecule has 1 saturated heterocycles. The summed E-state index contributed by atoms with van der Waals surface area (Å²) in [5.74, 6) is 0.557. The maximum absolute atomic E-state index is 12.0. The van der Waals surface area contributed by atoms with Gasteiger partial charge in [0.05, 0.1) is 6.10 Å². The standard InChI is InChI=1S/C14H20N2O3/c15-8-11-4-1-2-6-13(11)19-10-14(18)16-7-3-5-12(17)9-16/h1-2,4,6,12,17H,3,5,7-10,15H2. The Bertz CT molecular complexity index is 436. The molecule has 0 saturated carbocycles. The van der Waals surface area contributed by atoms with Crippen LogP contribution in [0, 0.1) is 0 Å². The second-order valence-corrected chi connectivity index (χ2v) is 4.74. The van der Waals surface area contributed by atoms with Crippen molar-refractivity contribution < 1.29 is 14.6 Å². The first-order chi connectivity index (χ1) is 9.20. The molecule has 1 aliphatic heterocycles. The van der Waals surface area contributed by atoms with Gasteiger partial charge in [0, 0.05) is 25.2 Å². The van der Waals surface area contributed by atoms with Crippen LogP contribution in [-0.2, 0) is 11.3 Å². The van der Waals surface area contributed by atoms with Crippen LogP contribution in [0.3, 0.4) is 0 Å². The molecular formula is C14H20N2O3. The quantitative estimate of drug-likeness (QED) is 0.830. The second-order valence-electron chi connectivity index (χ2n) is 4.74. The normalized spacial score (nSPS) is 19.3. The molecule has 0 aromatic heterocycles. The molecule has 5 nitrogen and oxygen atoms in total. The zero-order valence-corrected chi connectivity index (χ0v) is 10.9. The van der Waals surface area contributed by atoms with Gasteiger partial charge in [0.25, 0.3) is 5.91 Å². The maximum Gasteiger partial charge on any atom is 0.260 e. The number of hydrogen-bond acceptors (Lipinski definition) is 4. The minimum atomic E-state index is -0.408. The van der Waals surface area contributed by atoms with E-state index < -0.39 is 6.10 Å². The molecule has 2 rings (SSSR count). The number of likely N-dealkylation sites (tertiary alicyclic amines) is 1. The van der Waals surface area contributed by atoms with Crippen LogP contribution in [0.25, 0.3) is 0 Å². The number of ether oxygens (including phenoxy) is 1. The predicted octanol–water partition coefficient (Wildman–Crippen LogP) is 0.507. The first kappa shape index (κ1) is 13.8. The molecule has 1 unspecified atom stereocenters. The highest BCUT2D eigenvalue weighted by Gasteiger charge is 2.22. The molecular weight excluding hydrogens is 244 g/mol. The topological polar surface area (TPSA) is 75.8 Å². The largest absolute Gasteiger partial charge is 0.483 e. The summed E-state index contributed by atoms with van der Waals surface area (Å²) in [6.45, 7) is 1.47. The molecule has 104 valence electrons. The lowest BCUT2D eigenvalue weighted by Gasteiger charge is -2.30. The van der Waals surface area contributed by atoms with E-state index in [-0.39, 0.29) is 12.5 Å². The van der Waals surface area contributed by atoms with Crippen molar-refractivity contribution in [3.05, 3.63) is 29.8 Å². The highest BCUT2D eigenvalue weighted by atomic mass is 16.5. The van der Waals surface area contributed by atoms with E-state index >= 15 is 0 Å². The van der Waals surface area contributed by atoms with Crippen LogP contribution in [0.1, 0.15) is 18.4 Å². The number of carbonyl (C=O) groups excluding carboxylic acids is 1. The molecule has 3 N–H and O–H groups in total. The van der Waals surface area contributed by atoms with Crippen molar-refractivity contribution in [3.63, 3.8) is 0 Å². The predicted molar refractivity (Wildman–Crippen MR) is 71.6 cm³/mol. The van der Waals surface area contributed by atoms with Crippen LogP contribution in [0.5, 0.6) is 5.75 Å². The van der Waals surface area contributed by atoms with Gasteiger partial charge in [0.2, 0.25) is 0 Å². The summed E-state index contributed by atoms with van der Waals surface area (Å²) in [4.78, 5) is 13.6. The first-order valence-electron chi connectivity index (χ1n) is 6.57. The van der Waals surface area contributed by atoms with Gasteiger partial charge in [-0.15, -0.1) is 0 Å². The molecule has 0 spiro atoms. The molecule has 1 aliphatic rings. The number of para-hydroxylation sites is 1. The highest BCUT2D eigenvalue weighted by molar-refractivity contribution is 5.78. The molecule has 0 bridgehead atoms. The van der Waals surface area contributed by atoms with Crippen LogP contribution in [-0.4, -0.2) is 41.7 Å². The molecule has 1 heterocycles. The van der Waals surface area contributed by atoms with Crippen LogP contribution in [0.15, 0.2) is 24.3 Å². The zero-order chi connectivity index (χ0) is 13.7. The van der Waals surface area contributed by atoms with Gasteiger partial charge < -0.3 is 20.5 Å². The molecule has 1 atom stereocenters. The minimum absolute atomic E-state index is 0.0102. The Morgan fingerprint density at radius 3 is 3.00 bits per heavy atom. The van der Waals surface area contributed by atoms with Crippen molar-refractivity contribution in [2.75, 3.05) is 19.7 Å². The van der Waals surface area contributed by atoms with Gasteiger partial charge in [-0.1, -0.05) is 18.2 Å². The van der Waals surface area contributed by atoms with Gasteiger partial charge in [-0.2, -0.15) is 0 Å². The van der Waals surface area contributed by atoms with Crippen molar-refractivity contribution >= 4 is 5.91 Å². The van der Waals surface area contributed by atoms with Gasteiger partial charge in [-0.05, 0) is 18.9 Å². The van der Waals surface area contributed by atoms with E-state index in [0.29, 0.717) is 25.4 Å². The van der Waals surface area contributed by atoms with Crippen molar-refractivity contribution in [1.82, 2.24) is 4.90 Å². The monoisotopic (exact) mass is 264 g/mol. The molecule has 19 heavy (non-hydrogen) atoms. The number of nitrogens with two attached hydrogens (primary N) is 1. The average molecular weight is 264 g/mol. The Hall–Kier alpha value is -1.59. The van der Waals surface area contributed by atoms with E-state index in [1.165, 1.54) is 0 Å². The Morgan fingerprint density at radius 1 is 1.47 bits per heavy atom. The Morgan fingerprint density at radius 2 is 2.26 bits per heavy atom. The summed E-state index contributed by atoms with van der Waals surface area (Å²) in [6.07, 6.45) is 1.20. The minimum Gasteiger partial charge on any atom is -0.483 e. The summed E-state index contributed by atoms with van der Waals surface area (Å²) >= 11 is 0. The third kappa shape index (κ3) is 3.68. The second kappa shape index (κ2) is 6.54. The smallest absolute Gasteiger partial charge is 0.260 e. The van der Waals surface area contributed by atoms with Crippen molar-refractivity contribution in [3.8, 4) is 5.75 Å². The fourth-order valence-electron chi connectivity index (χ4n) is 2.23. The molecule has 1 amide bonds. The SMILES string of the molecule is NCc1ccccc1OCC(=O)N1CCCC(O)C1. The molecule has 1 aromatic carbocycles. The van der Waals surface area contributed by atoms with Crippen molar-refractivity contribution in [2.45, 2.75) is 25.5 Å². The number of aliphatic hydroxyl groups excluding tert-OH is 1. The molecule has 1 aromatic rings. The highest BCUT2D eigenvalue weighted by Crippen LogP contribution is 2.17. The van der Waals surface area contributed by atoms with Crippen molar-refractivity contribution in [1.29, 1.82) is 0 Å². The van der Waals surface area contributed by atoms with E-state index in [1.807, 2.05) is 18.2 Å². The number of β-amino-alcohol motifs (C(OH)–C–C–N with tert-alkyl or cyclic N) is 1. The van der Waals surface area contributed by atoms with Crippen LogP contribution in [0.2, 0.25) is 0 Å².